The van der Waals surface area contributed by atoms with E-state index < -0.39 is 0 Å². The van der Waals surface area contributed by atoms with Crippen molar-refractivity contribution in [1.29, 1.82) is 0 Å². The first-order chi connectivity index (χ1) is 0. The molecule has 1 radical (unpaired) electrons. The molecule has 0 amide bonds. The predicted molar refractivity (Wildman–Crippen MR) is 2.06 cm³/mol. The molecule has 0 aliphatic carbocycles. The average molecular weight is 380 g/mol. The van der Waals surface area contributed by atoms with Gasteiger partial charge in [0.2, 0.25) is 0 Å². The summed E-state index contributed by atoms with van der Waals surface area (Å²) in [5.41, 5.74) is 0. The van der Waals surface area contributed by atoms with E-state index in [1.54, 1.807) is 0 Å². The van der Waals surface area contributed by atoms with Gasteiger partial charge in [-0.25, -0.2) is 0 Å². The van der Waals surface area contributed by atoms with Crippen molar-refractivity contribution >= 4 is 0 Å². The molecular weight excluding hydrogens is 380 g/mol. The molecule has 0 fully saturated rings. The molecule has 41 valence electrons. The van der Waals surface area contributed by atoms with Crippen LogP contribution in [0.5, 0.6) is 0 Å². The minimum absolute atomic E-state index is 0. The molecule has 0 rings (SSSR count). The maximum absolute atomic E-state index is 0. The molecule has 0 saturated heterocycles. The SMILES string of the molecule is [O-2].[O-2].[O-2].[Tb+3].[Yb+3]. The van der Waals surface area contributed by atoms with E-state index in [2.05, 4.69) is 0 Å². The second-order valence-electron chi connectivity index (χ2n) is 0. The van der Waals surface area contributed by atoms with Gasteiger partial charge < -0.3 is 16.4 Å². The van der Waals surface area contributed by atoms with Crippen LogP contribution >= 0.6 is 0 Å². The van der Waals surface area contributed by atoms with Crippen molar-refractivity contribution in [3.05, 3.63) is 0 Å². The predicted octanol–water partition coefficient (Wildman–Crippen LogP) is -0.356. The Hall–Kier alpha value is 2.69. The van der Waals surface area contributed by atoms with Crippen molar-refractivity contribution in [2.24, 2.45) is 0 Å². The fourth-order valence-electron chi connectivity index (χ4n) is 0. The first-order valence-corrected chi connectivity index (χ1v) is 0. The van der Waals surface area contributed by atoms with Gasteiger partial charge in [-0.2, -0.15) is 0 Å². The molecule has 0 heterocycles. The largest absolute Gasteiger partial charge is 3.00 e. The van der Waals surface area contributed by atoms with Crippen LogP contribution in [0.3, 0.4) is 0 Å². The summed E-state index contributed by atoms with van der Waals surface area (Å²) in [5, 5.41) is 0. The molecule has 0 aliphatic rings. The van der Waals surface area contributed by atoms with E-state index in [-0.39, 0.29) is 102 Å². The Morgan fingerprint density at radius 3 is 0.600 bits per heavy atom. The summed E-state index contributed by atoms with van der Waals surface area (Å²) in [7, 11) is 0. The van der Waals surface area contributed by atoms with Crippen molar-refractivity contribution in [3.63, 3.8) is 0 Å². The minimum Gasteiger partial charge on any atom is -2.00 e. The molecule has 0 atom stereocenters. The first kappa shape index (κ1) is 47.6. The zero-order chi connectivity index (χ0) is 0. The molecule has 0 bridgehead atoms. The van der Waals surface area contributed by atoms with Crippen molar-refractivity contribution in [3.8, 4) is 0 Å². The molecule has 0 spiro atoms. The van der Waals surface area contributed by atoms with Gasteiger partial charge >= 0.3 is 85.5 Å². The fourth-order valence-corrected chi connectivity index (χ4v) is 0. The van der Waals surface area contributed by atoms with Crippen molar-refractivity contribution in [2.45, 2.75) is 0 Å². The summed E-state index contributed by atoms with van der Waals surface area (Å²) < 4.78 is 0. The third-order valence-corrected chi connectivity index (χ3v) is 0. The quantitative estimate of drug-likeness (QED) is 0.550. The zero-order valence-corrected chi connectivity index (χ0v) is 5.68. The van der Waals surface area contributed by atoms with Gasteiger partial charge in [0.25, 0.3) is 0 Å². The molecule has 0 aromatic rings. The maximum Gasteiger partial charge on any atom is 3.00 e. The topological polar surface area (TPSA) is 85.5 Å². The van der Waals surface area contributed by atoms with Crippen LogP contribution in [-0.4, -0.2) is 0 Å². The van der Waals surface area contributed by atoms with Crippen LogP contribution in [0, 0.1) is 85.5 Å². The molecule has 0 aromatic heterocycles. The summed E-state index contributed by atoms with van der Waals surface area (Å²) in [6, 6.07) is 0. The molecule has 0 N–H and O–H groups in total. The molecule has 0 aromatic carbocycles. The van der Waals surface area contributed by atoms with Gasteiger partial charge in [-0.1, -0.05) is 0 Å². The van der Waals surface area contributed by atoms with E-state index in [1.807, 2.05) is 0 Å². The van der Waals surface area contributed by atoms with Gasteiger partial charge in [0, 0.05) is 0 Å². The fraction of sp³-hybridized carbons (Fsp3) is 0. The number of hydrogen-bond acceptors (Lipinski definition) is 0. The summed E-state index contributed by atoms with van der Waals surface area (Å²) in [6.45, 7) is 0. The summed E-state index contributed by atoms with van der Waals surface area (Å²) >= 11 is 0. The van der Waals surface area contributed by atoms with E-state index in [0.29, 0.717) is 0 Å². The average Bonchev–Trinajstić information content (AvgIpc) is 0. The molecule has 5 heteroatoms. The van der Waals surface area contributed by atoms with Crippen molar-refractivity contribution in [1.82, 2.24) is 0 Å². The Balaban J connectivity index is 0. The summed E-state index contributed by atoms with van der Waals surface area (Å²) in [5.74, 6) is 0. The van der Waals surface area contributed by atoms with E-state index in [0.717, 1.165) is 0 Å². The Morgan fingerprint density at radius 1 is 0.600 bits per heavy atom. The molecular formula is O3TbYb. The maximum atomic E-state index is 0. The third-order valence-electron chi connectivity index (χ3n) is 0. The van der Waals surface area contributed by atoms with Crippen LogP contribution in [0.15, 0.2) is 0 Å². The Bertz CT molecular complexity index is 6.85. The van der Waals surface area contributed by atoms with Crippen LogP contribution < -0.4 is 0 Å². The van der Waals surface area contributed by atoms with Crippen molar-refractivity contribution in [2.75, 3.05) is 0 Å². The molecule has 0 unspecified atom stereocenters. The molecule has 3 nitrogen and oxygen atoms in total. The van der Waals surface area contributed by atoms with Crippen LogP contribution in [-0.2, 0) is 16.4 Å². The van der Waals surface area contributed by atoms with Gasteiger partial charge in [0.1, 0.15) is 0 Å². The smallest absolute Gasteiger partial charge is 2.00 e. The standard InChI is InChI=1S/3O.Tb.Yb/q3*-2;2*+3. The normalized spacial score (nSPS) is 0. The van der Waals surface area contributed by atoms with Crippen molar-refractivity contribution < 1.29 is 102 Å². The Morgan fingerprint density at radius 2 is 0.600 bits per heavy atom. The van der Waals surface area contributed by atoms with E-state index in [9.17, 15) is 0 Å². The number of hydrogen-bond donors (Lipinski definition) is 0. The zero-order valence-electron chi connectivity index (χ0n) is 1.83. The van der Waals surface area contributed by atoms with Gasteiger partial charge in [0.05, 0.1) is 0 Å². The first-order valence-electron chi connectivity index (χ1n) is 0. The van der Waals surface area contributed by atoms with Crippen LogP contribution in [0.25, 0.3) is 0 Å². The van der Waals surface area contributed by atoms with Crippen LogP contribution in [0.1, 0.15) is 0 Å². The van der Waals surface area contributed by atoms with Gasteiger partial charge in [-0.05, 0) is 0 Å². The Labute approximate surface area is 99.5 Å². The number of rotatable bonds is 0. The monoisotopic (exact) mass is 381 g/mol. The molecule has 5 heavy (non-hydrogen) atoms. The van der Waals surface area contributed by atoms with Gasteiger partial charge in [-0.15, -0.1) is 0 Å². The third kappa shape index (κ3) is 20.4. The second-order valence-corrected chi connectivity index (χ2v) is 0. The second kappa shape index (κ2) is 30.0. The van der Waals surface area contributed by atoms with E-state index in [1.165, 1.54) is 0 Å². The molecule has 0 aliphatic heterocycles. The minimum atomic E-state index is 0. The van der Waals surface area contributed by atoms with Gasteiger partial charge in [-0.3, -0.25) is 0 Å². The Kier molecular flexibility index (Phi) is 286. The van der Waals surface area contributed by atoms with E-state index in [4.69, 9.17) is 0 Å². The van der Waals surface area contributed by atoms with Crippen LogP contribution in [0.2, 0.25) is 0 Å². The van der Waals surface area contributed by atoms with Gasteiger partial charge in [0.15, 0.2) is 0 Å². The van der Waals surface area contributed by atoms with E-state index >= 15 is 0 Å². The molecule has 0 saturated carbocycles. The summed E-state index contributed by atoms with van der Waals surface area (Å²) in [4.78, 5) is 0. The summed E-state index contributed by atoms with van der Waals surface area (Å²) in [6.07, 6.45) is 0. The van der Waals surface area contributed by atoms with Crippen LogP contribution in [0.4, 0.5) is 0 Å².